The minimum absolute atomic E-state index is 0.0967. The molecule has 0 saturated carbocycles. The van der Waals surface area contributed by atoms with Gasteiger partial charge in [-0.25, -0.2) is 8.42 Å². The maximum absolute atomic E-state index is 14.0. The Bertz CT molecular complexity index is 1300. The number of rotatable bonds is 13. The van der Waals surface area contributed by atoms with Crippen LogP contribution >= 0.6 is 0 Å². The van der Waals surface area contributed by atoms with Crippen LogP contribution in [0.1, 0.15) is 24.5 Å². The quantitative estimate of drug-likeness (QED) is 0.359. The van der Waals surface area contributed by atoms with Crippen molar-refractivity contribution in [3.05, 3.63) is 96.1 Å². The number of carbonyl (C=O) groups is 2. The van der Waals surface area contributed by atoms with Crippen molar-refractivity contribution in [3.8, 4) is 5.75 Å². The van der Waals surface area contributed by atoms with E-state index < -0.39 is 28.5 Å². The monoisotopic (exact) mass is 537 g/mol. The molecule has 9 heteroatoms. The van der Waals surface area contributed by atoms with Crippen LogP contribution < -0.4 is 14.4 Å². The summed E-state index contributed by atoms with van der Waals surface area (Å²) in [4.78, 5) is 28.9. The van der Waals surface area contributed by atoms with Gasteiger partial charge in [-0.2, -0.15) is 0 Å². The lowest BCUT2D eigenvalue weighted by Gasteiger charge is -2.33. The van der Waals surface area contributed by atoms with Gasteiger partial charge in [0.15, 0.2) is 0 Å². The molecule has 3 aromatic carbocycles. The van der Waals surface area contributed by atoms with Crippen LogP contribution in [-0.4, -0.2) is 57.6 Å². The number of anilines is 1. The second kappa shape index (κ2) is 13.6. The smallest absolute Gasteiger partial charge is 0.244 e. The van der Waals surface area contributed by atoms with E-state index >= 15 is 0 Å². The molecular formula is C29H35N3O5S. The molecule has 0 fully saturated rings. The Hall–Kier alpha value is -3.85. The fourth-order valence-corrected chi connectivity index (χ4v) is 4.95. The van der Waals surface area contributed by atoms with E-state index in [1.807, 2.05) is 49.4 Å². The number of carbonyl (C=O) groups excluding carboxylic acids is 2. The SMILES string of the molecule is CCCNC(=O)[C@@H](Cc1ccccc1)N(Cc1cccc(OC)c1)C(=O)CN(c1ccccc1)S(C)(=O)=O. The number of hydrogen-bond acceptors (Lipinski definition) is 5. The van der Waals surface area contributed by atoms with Gasteiger partial charge in [0.1, 0.15) is 18.3 Å². The Morgan fingerprint density at radius 2 is 1.55 bits per heavy atom. The van der Waals surface area contributed by atoms with E-state index in [4.69, 9.17) is 4.74 Å². The molecular weight excluding hydrogens is 502 g/mol. The molecule has 0 heterocycles. The number of sulfonamides is 1. The van der Waals surface area contributed by atoms with Crippen molar-refractivity contribution in [3.63, 3.8) is 0 Å². The number of benzene rings is 3. The molecule has 0 aliphatic rings. The molecule has 0 aliphatic carbocycles. The standard InChI is InChI=1S/C29H35N3O5S/c1-4-18-30-29(34)27(20-23-12-7-5-8-13-23)31(21-24-14-11-17-26(19-24)37-2)28(33)22-32(38(3,35)36)25-15-9-6-10-16-25/h5-17,19,27H,4,18,20-22H2,1-3H3,(H,30,34)/t27-/m1/s1. The molecule has 3 aromatic rings. The summed E-state index contributed by atoms with van der Waals surface area (Å²) in [7, 11) is -2.23. The zero-order valence-corrected chi connectivity index (χ0v) is 22.9. The zero-order chi connectivity index (χ0) is 27.5. The molecule has 0 saturated heterocycles. The number of hydrogen-bond donors (Lipinski definition) is 1. The highest BCUT2D eigenvalue weighted by molar-refractivity contribution is 7.92. The fourth-order valence-electron chi connectivity index (χ4n) is 4.10. The molecule has 0 radical (unpaired) electrons. The van der Waals surface area contributed by atoms with Crippen LogP contribution in [0.25, 0.3) is 0 Å². The number of para-hydroxylation sites is 1. The van der Waals surface area contributed by atoms with E-state index in [0.717, 1.165) is 28.1 Å². The largest absolute Gasteiger partial charge is 0.497 e. The Morgan fingerprint density at radius 3 is 2.16 bits per heavy atom. The van der Waals surface area contributed by atoms with Crippen LogP contribution in [0.15, 0.2) is 84.9 Å². The lowest BCUT2D eigenvalue weighted by molar-refractivity contribution is -0.140. The third-order valence-corrected chi connectivity index (χ3v) is 7.17. The highest BCUT2D eigenvalue weighted by atomic mass is 32.2. The van der Waals surface area contributed by atoms with Crippen molar-refractivity contribution in [2.24, 2.45) is 0 Å². The first-order valence-electron chi connectivity index (χ1n) is 12.5. The van der Waals surface area contributed by atoms with Crippen LogP contribution in [0.2, 0.25) is 0 Å². The maximum Gasteiger partial charge on any atom is 0.244 e. The summed E-state index contributed by atoms with van der Waals surface area (Å²) in [5.74, 6) is -0.167. The van der Waals surface area contributed by atoms with Gasteiger partial charge < -0.3 is 15.0 Å². The molecule has 0 aliphatic heterocycles. The predicted molar refractivity (Wildman–Crippen MR) is 149 cm³/mol. The van der Waals surface area contributed by atoms with Crippen molar-refractivity contribution in [1.82, 2.24) is 10.2 Å². The van der Waals surface area contributed by atoms with Crippen molar-refractivity contribution in [2.45, 2.75) is 32.4 Å². The minimum atomic E-state index is -3.78. The summed E-state index contributed by atoms with van der Waals surface area (Å²) in [5, 5.41) is 2.92. The number of amides is 2. The molecule has 1 N–H and O–H groups in total. The summed E-state index contributed by atoms with van der Waals surface area (Å²) in [5.41, 5.74) is 2.01. The van der Waals surface area contributed by atoms with Crippen molar-refractivity contribution >= 4 is 27.5 Å². The van der Waals surface area contributed by atoms with Crippen LogP contribution in [0.3, 0.4) is 0 Å². The number of nitrogens with one attached hydrogen (secondary N) is 1. The lowest BCUT2D eigenvalue weighted by Crippen LogP contribution is -2.53. The summed E-state index contributed by atoms with van der Waals surface area (Å²) in [6.45, 7) is 2.07. The molecule has 3 rings (SSSR count). The van der Waals surface area contributed by atoms with Crippen LogP contribution in [0.5, 0.6) is 5.75 Å². The molecule has 0 bridgehead atoms. The first-order valence-corrected chi connectivity index (χ1v) is 14.3. The summed E-state index contributed by atoms with van der Waals surface area (Å²) < 4.78 is 31.9. The van der Waals surface area contributed by atoms with Gasteiger partial charge >= 0.3 is 0 Å². The average molecular weight is 538 g/mol. The average Bonchev–Trinajstić information content (AvgIpc) is 2.92. The van der Waals surface area contributed by atoms with Gasteiger partial charge in [0.25, 0.3) is 0 Å². The highest BCUT2D eigenvalue weighted by Crippen LogP contribution is 2.21. The normalized spacial score (nSPS) is 11.9. The van der Waals surface area contributed by atoms with Crippen molar-refractivity contribution in [2.75, 3.05) is 30.8 Å². The van der Waals surface area contributed by atoms with Crippen LogP contribution in [-0.2, 0) is 32.6 Å². The highest BCUT2D eigenvalue weighted by Gasteiger charge is 2.32. The molecule has 0 aromatic heterocycles. The van der Waals surface area contributed by atoms with Gasteiger partial charge in [-0.1, -0.05) is 67.6 Å². The molecule has 0 unspecified atom stereocenters. The number of nitrogens with zero attached hydrogens (tertiary/aromatic N) is 2. The van der Waals surface area contributed by atoms with E-state index in [9.17, 15) is 18.0 Å². The lowest BCUT2D eigenvalue weighted by atomic mass is 10.0. The summed E-state index contributed by atoms with van der Waals surface area (Å²) in [6.07, 6.45) is 2.08. The Labute approximate surface area is 225 Å². The second-order valence-corrected chi connectivity index (χ2v) is 10.9. The molecule has 2 amide bonds. The van der Waals surface area contributed by atoms with E-state index in [1.54, 1.807) is 49.6 Å². The molecule has 0 spiro atoms. The van der Waals surface area contributed by atoms with Crippen LogP contribution in [0.4, 0.5) is 5.69 Å². The number of ether oxygens (including phenoxy) is 1. The van der Waals surface area contributed by atoms with E-state index in [0.29, 0.717) is 18.0 Å². The summed E-state index contributed by atoms with van der Waals surface area (Å²) in [6, 6.07) is 24.3. The van der Waals surface area contributed by atoms with E-state index in [-0.39, 0.29) is 18.9 Å². The van der Waals surface area contributed by atoms with Gasteiger partial charge in [-0.3, -0.25) is 13.9 Å². The molecule has 8 nitrogen and oxygen atoms in total. The van der Waals surface area contributed by atoms with Gasteiger partial charge in [0.2, 0.25) is 21.8 Å². The maximum atomic E-state index is 14.0. The topological polar surface area (TPSA) is 96.0 Å². The van der Waals surface area contributed by atoms with E-state index in [2.05, 4.69) is 5.32 Å². The first kappa shape index (κ1) is 28.7. The fraction of sp³-hybridized carbons (Fsp3) is 0.310. The van der Waals surface area contributed by atoms with Gasteiger partial charge in [-0.05, 0) is 41.8 Å². The first-order chi connectivity index (χ1) is 18.2. The molecule has 202 valence electrons. The van der Waals surface area contributed by atoms with E-state index in [1.165, 1.54) is 4.90 Å². The molecule has 38 heavy (non-hydrogen) atoms. The third kappa shape index (κ3) is 8.08. The minimum Gasteiger partial charge on any atom is -0.497 e. The summed E-state index contributed by atoms with van der Waals surface area (Å²) >= 11 is 0. The van der Waals surface area contributed by atoms with Crippen LogP contribution in [0, 0.1) is 0 Å². The Balaban J connectivity index is 2.03. The van der Waals surface area contributed by atoms with Gasteiger partial charge in [-0.15, -0.1) is 0 Å². The zero-order valence-electron chi connectivity index (χ0n) is 22.0. The number of methoxy groups -OCH3 is 1. The molecule has 1 atom stereocenters. The Kier molecular flexibility index (Phi) is 10.3. The van der Waals surface area contributed by atoms with Crippen molar-refractivity contribution < 1.29 is 22.7 Å². The third-order valence-electron chi connectivity index (χ3n) is 6.03. The predicted octanol–water partition coefficient (Wildman–Crippen LogP) is 3.63. The van der Waals surface area contributed by atoms with Gasteiger partial charge in [0, 0.05) is 19.5 Å². The van der Waals surface area contributed by atoms with Crippen molar-refractivity contribution in [1.29, 1.82) is 0 Å². The Morgan fingerprint density at radius 1 is 0.921 bits per heavy atom. The van der Waals surface area contributed by atoms with Gasteiger partial charge in [0.05, 0.1) is 19.1 Å². The second-order valence-electron chi connectivity index (χ2n) is 8.97.